The standard InChI is InChI=1S/C17H21N/c1-14-8-10-15(11-9-14)12-16-6-4-5-7-17(16)13-18(2)3/h4-11H,12-13H2,1-3H3. The van der Waals surface area contributed by atoms with E-state index in [0.29, 0.717) is 0 Å². The highest BCUT2D eigenvalue weighted by molar-refractivity contribution is 5.33. The third kappa shape index (κ3) is 3.44. The predicted octanol–water partition coefficient (Wildman–Crippen LogP) is 3.65. The van der Waals surface area contributed by atoms with Gasteiger partial charge in [-0.15, -0.1) is 0 Å². The van der Waals surface area contributed by atoms with Crippen LogP contribution >= 0.6 is 0 Å². The lowest BCUT2D eigenvalue weighted by Crippen LogP contribution is -2.12. The van der Waals surface area contributed by atoms with E-state index in [-0.39, 0.29) is 0 Å². The van der Waals surface area contributed by atoms with Crippen LogP contribution in [0.25, 0.3) is 0 Å². The minimum atomic E-state index is 1.00. The largest absolute Gasteiger partial charge is 0.305 e. The zero-order valence-corrected chi connectivity index (χ0v) is 11.5. The van der Waals surface area contributed by atoms with Gasteiger partial charge in [-0.05, 0) is 44.1 Å². The smallest absolute Gasteiger partial charge is 0.0230 e. The molecule has 0 amide bonds. The molecule has 0 saturated heterocycles. The zero-order chi connectivity index (χ0) is 13.0. The Hall–Kier alpha value is -1.60. The lowest BCUT2D eigenvalue weighted by molar-refractivity contribution is 0.401. The first-order valence-corrected chi connectivity index (χ1v) is 6.42. The molecule has 0 N–H and O–H groups in total. The molecule has 0 unspecified atom stereocenters. The second-order valence-corrected chi connectivity index (χ2v) is 5.17. The van der Waals surface area contributed by atoms with Crippen LogP contribution in [0.3, 0.4) is 0 Å². The van der Waals surface area contributed by atoms with Crippen molar-refractivity contribution in [2.75, 3.05) is 14.1 Å². The van der Waals surface area contributed by atoms with Crippen LogP contribution in [0.5, 0.6) is 0 Å². The molecule has 2 rings (SSSR count). The molecule has 0 radical (unpaired) electrons. The Morgan fingerprint density at radius 2 is 1.44 bits per heavy atom. The molecule has 0 atom stereocenters. The Morgan fingerprint density at radius 1 is 0.833 bits per heavy atom. The van der Waals surface area contributed by atoms with Gasteiger partial charge in [-0.25, -0.2) is 0 Å². The molecule has 18 heavy (non-hydrogen) atoms. The second kappa shape index (κ2) is 5.83. The van der Waals surface area contributed by atoms with Crippen molar-refractivity contribution in [3.63, 3.8) is 0 Å². The van der Waals surface area contributed by atoms with Gasteiger partial charge in [-0.3, -0.25) is 0 Å². The molecule has 0 heterocycles. The van der Waals surface area contributed by atoms with Gasteiger partial charge in [-0.2, -0.15) is 0 Å². The number of hydrogen-bond acceptors (Lipinski definition) is 1. The summed E-state index contributed by atoms with van der Waals surface area (Å²) in [6, 6.07) is 17.5. The van der Waals surface area contributed by atoms with Crippen LogP contribution in [0.15, 0.2) is 48.5 Å². The van der Waals surface area contributed by atoms with Crippen LogP contribution in [0.1, 0.15) is 22.3 Å². The van der Waals surface area contributed by atoms with Gasteiger partial charge in [0.1, 0.15) is 0 Å². The molecule has 0 aliphatic carbocycles. The van der Waals surface area contributed by atoms with Crippen molar-refractivity contribution >= 4 is 0 Å². The fraction of sp³-hybridized carbons (Fsp3) is 0.294. The molecule has 0 bridgehead atoms. The maximum absolute atomic E-state index is 2.23. The molecule has 1 heteroatoms. The van der Waals surface area contributed by atoms with E-state index >= 15 is 0 Å². The van der Waals surface area contributed by atoms with Crippen LogP contribution in [-0.2, 0) is 13.0 Å². The van der Waals surface area contributed by atoms with Crippen LogP contribution < -0.4 is 0 Å². The fourth-order valence-corrected chi connectivity index (χ4v) is 2.15. The monoisotopic (exact) mass is 239 g/mol. The van der Waals surface area contributed by atoms with Crippen molar-refractivity contribution in [1.82, 2.24) is 4.90 Å². The molecular formula is C17H21N. The van der Waals surface area contributed by atoms with Crippen molar-refractivity contribution in [3.8, 4) is 0 Å². The van der Waals surface area contributed by atoms with E-state index in [0.717, 1.165) is 13.0 Å². The SMILES string of the molecule is Cc1ccc(Cc2ccccc2CN(C)C)cc1. The van der Waals surface area contributed by atoms with Crippen LogP contribution in [0, 0.1) is 6.92 Å². The van der Waals surface area contributed by atoms with Crippen molar-refractivity contribution in [1.29, 1.82) is 0 Å². The summed E-state index contributed by atoms with van der Waals surface area (Å²) >= 11 is 0. The molecule has 2 aromatic rings. The van der Waals surface area contributed by atoms with E-state index in [9.17, 15) is 0 Å². The third-order valence-corrected chi connectivity index (χ3v) is 3.12. The highest BCUT2D eigenvalue weighted by atomic mass is 15.0. The molecule has 0 saturated carbocycles. The van der Waals surface area contributed by atoms with Gasteiger partial charge in [0.15, 0.2) is 0 Å². The zero-order valence-electron chi connectivity index (χ0n) is 11.5. The van der Waals surface area contributed by atoms with Crippen LogP contribution in [0.4, 0.5) is 0 Å². The maximum Gasteiger partial charge on any atom is 0.0230 e. The summed E-state index contributed by atoms with van der Waals surface area (Å²) in [7, 11) is 4.23. The minimum Gasteiger partial charge on any atom is -0.305 e. The summed E-state index contributed by atoms with van der Waals surface area (Å²) in [5, 5.41) is 0. The van der Waals surface area contributed by atoms with Gasteiger partial charge in [0.2, 0.25) is 0 Å². The average Bonchev–Trinajstić information content (AvgIpc) is 2.34. The summed E-state index contributed by atoms with van der Waals surface area (Å²) < 4.78 is 0. The number of nitrogens with zero attached hydrogens (tertiary/aromatic N) is 1. The molecule has 1 nitrogen and oxygen atoms in total. The first-order valence-electron chi connectivity index (χ1n) is 6.42. The first kappa shape index (κ1) is 12.8. The maximum atomic E-state index is 2.23. The van der Waals surface area contributed by atoms with E-state index < -0.39 is 0 Å². The number of rotatable bonds is 4. The summed E-state index contributed by atoms with van der Waals surface area (Å²) in [6.45, 7) is 3.13. The molecule has 2 aromatic carbocycles. The van der Waals surface area contributed by atoms with Crippen molar-refractivity contribution in [2.24, 2.45) is 0 Å². The molecular weight excluding hydrogens is 218 g/mol. The summed E-state index contributed by atoms with van der Waals surface area (Å²) in [4.78, 5) is 2.22. The van der Waals surface area contributed by atoms with Gasteiger partial charge >= 0.3 is 0 Å². The van der Waals surface area contributed by atoms with Crippen molar-refractivity contribution < 1.29 is 0 Å². The molecule has 0 aliphatic heterocycles. The Labute approximate surface area is 110 Å². The topological polar surface area (TPSA) is 3.24 Å². The van der Waals surface area contributed by atoms with E-state index in [2.05, 4.69) is 74.4 Å². The van der Waals surface area contributed by atoms with E-state index in [1.807, 2.05) is 0 Å². The Kier molecular flexibility index (Phi) is 4.16. The molecule has 0 spiro atoms. The lowest BCUT2D eigenvalue weighted by Gasteiger charge is -2.14. The normalized spacial score (nSPS) is 10.9. The number of aryl methyl sites for hydroxylation is 1. The van der Waals surface area contributed by atoms with Gasteiger partial charge in [0, 0.05) is 6.54 Å². The second-order valence-electron chi connectivity index (χ2n) is 5.17. The number of benzene rings is 2. The summed E-state index contributed by atoms with van der Waals surface area (Å²) in [5.74, 6) is 0. The molecule has 0 fully saturated rings. The van der Waals surface area contributed by atoms with E-state index in [1.165, 1.54) is 22.3 Å². The molecule has 0 aromatic heterocycles. The van der Waals surface area contributed by atoms with Crippen molar-refractivity contribution in [3.05, 3.63) is 70.8 Å². The fourth-order valence-electron chi connectivity index (χ4n) is 2.15. The highest BCUT2D eigenvalue weighted by Gasteiger charge is 2.04. The third-order valence-electron chi connectivity index (χ3n) is 3.12. The minimum absolute atomic E-state index is 1.00. The summed E-state index contributed by atoms with van der Waals surface area (Å²) in [5.41, 5.74) is 5.55. The quantitative estimate of drug-likeness (QED) is 0.787. The van der Waals surface area contributed by atoms with Gasteiger partial charge in [0.25, 0.3) is 0 Å². The Balaban J connectivity index is 2.20. The Bertz CT molecular complexity index is 497. The van der Waals surface area contributed by atoms with E-state index in [1.54, 1.807) is 0 Å². The number of hydrogen-bond donors (Lipinski definition) is 0. The van der Waals surface area contributed by atoms with Crippen LogP contribution in [0.2, 0.25) is 0 Å². The highest BCUT2D eigenvalue weighted by Crippen LogP contribution is 2.16. The van der Waals surface area contributed by atoms with E-state index in [4.69, 9.17) is 0 Å². The first-order chi connectivity index (χ1) is 8.65. The molecule has 0 aliphatic rings. The lowest BCUT2D eigenvalue weighted by atomic mass is 9.99. The average molecular weight is 239 g/mol. The molecule has 94 valence electrons. The van der Waals surface area contributed by atoms with Gasteiger partial charge in [0.05, 0.1) is 0 Å². The van der Waals surface area contributed by atoms with Crippen LogP contribution in [-0.4, -0.2) is 19.0 Å². The predicted molar refractivity (Wildman–Crippen MR) is 77.8 cm³/mol. The van der Waals surface area contributed by atoms with Crippen molar-refractivity contribution in [2.45, 2.75) is 19.9 Å². The summed E-state index contributed by atoms with van der Waals surface area (Å²) in [6.07, 6.45) is 1.02. The Morgan fingerprint density at radius 3 is 2.06 bits per heavy atom. The van der Waals surface area contributed by atoms with Gasteiger partial charge in [-0.1, -0.05) is 54.1 Å². The van der Waals surface area contributed by atoms with Gasteiger partial charge < -0.3 is 4.90 Å².